The molecule has 0 aliphatic carbocycles. The summed E-state index contributed by atoms with van der Waals surface area (Å²) < 4.78 is 5.41. The van der Waals surface area contributed by atoms with Crippen LogP contribution in [0, 0.1) is 6.92 Å². The third-order valence-corrected chi connectivity index (χ3v) is 3.49. The van der Waals surface area contributed by atoms with E-state index in [2.05, 4.69) is 36.5 Å². The van der Waals surface area contributed by atoms with Crippen LogP contribution in [0.4, 0.5) is 0 Å². The third-order valence-electron chi connectivity index (χ3n) is 3.49. The van der Waals surface area contributed by atoms with Gasteiger partial charge in [-0.05, 0) is 38.3 Å². The monoisotopic (exact) mass is 219 g/mol. The van der Waals surface area contributed by atoms with E-state index in [9.17, 15) is 0 Å². The van der Waals surface area contributed by atoms with E-state index in [1.165, 1.54) is 30.4 Å². The van der Waals surface area contributed by atoms with E-state index >= 15 is 0 Å². The minimum atomic E-state index is 0.0424. The van der Waals surface area contributed by atoms with Gasteiger partial charge in [-0.1, -0.05) is 29.8 Å². The first-order valence-corrected chi connectivity index (χ1v) is 6.08. The van der Waals surface area contributed by atoms with Crippen molar-refractivity contribution < 1.29 is 4.74 Å². The third kappa shape index (κ3) is 2.28. The van der Waals surface area contributed by atoms with Crippen molar-refractivity contribution in [1.29, 1.82) is 0 Å². The van der Waals surface area contributed by atoms with Crippen molar-refractivity contribution >= 4 is 0 Å². The van der Waals surface area contributed by atoms with Crippen molar-refractivity contribution in [3.8, 4) is 0 Å². The fourth-order valence-electron chi connectivity index (χ4n) is 2.54. The molecule has 1 saturated heterocycles. The number of ether oxygens (including phenoxy) is 1. The molecule has 0 spiro atoms. The van der Waals surface area contributed by atoms with Gasteiger partial charge in [0.1, 0.15) is 0 Å². The fraction of sp³-hybridized carbons (Fsp3) is 0.571. The van der Waals surface area contributed by atoms with Crippen LogP contribution in [0.15, 0.2) is 24.3 Å². The zero-order valence-electron chi connectivity index (χ0n) is 10.3. The van der Waals surface area contributed by atoms with E-state index in [-0.39, 0.29) is 5.54 Å². The molecule has 16 heavy (non-hydrogen) atoms. The number of methoxy groups -OCH3 is 1. The molecule has 1 fully saturated rings. The van der Waals surface area contributed by atoms with E-state index < -0.39 is 0 Å². The lowest BCUT2D eigenvalue weighted by Gasteiger charge is -2.38. The van der Waals surface area contributed by atoms with Crippen LogP contribution in [0.2, 0.25) is 0 Å². The molecule has 1 atom stereocenters. The number of nitrogens with one attached hydrogen (secondary N) is 1. The lowest BCUT2D eigenvalue weighted by molar-refractivity contribution is 0.0883. The maximum atomic E-state index is 5.41. The molecule has 0 radical (unpaired) electrons. The highest BCUT2D eigenvalue weighted by Crippen LogP contribution is 2.30. The van der Waals surface area contributed by atoms with E-state index in [4.69, 9.17) is 4.74 Å². The molecule has 0 aromatic heterocycles. The van der Waals surface area contributed by atoms with Crippen molar-refractivity contribution in [1.82, 2.24) is 5.32 Å². The summed E-state index contributed by atoms with van der Waals surface area (Å²) in [4.78, 5) is 0. The smallest absolute Gasteiger partial charge is 0.0686 e. The standard InChI is InChI=1S/C14H21NO/c1-12-5-7-13(8-6-12)14(11-16-2)9-3-4-10-15-14/h5-8,15H,3-4,9-11H2,1-2H3. The fourth-order valence-corrected chi connectivity index (χ4v) is 2.54. The second kappa shape index (κ2) is 4.98. The Morgan fingerprint density at radius 3 is 2.56 bits per heavy atom. The molecular formula is C14H21NO. The van der Waals surface area contributed by atoms with Gasteiger partial charge in [0.25, 0.3) is 0 Å². The topological polar surface area (TPSA) is 21.3 Å². The van der Waals surface area contributed by atoms with Gasteiger partial charge in [-0.2, -0.15) is 0 Å². The summed E-state index contributed by atoms with van der Waals surface area (Å²) in [5, 5.41) is 3.64. The van der Waals surface area contributed by atoms with Gasteiger partial charge in [0.2, 0.25) is 0 Å². The summed E-state index contributed by atoms with van der Waals surface area (Å²) in [5.74, 6) is 0. The Balaban J connectivity index is 2.26. The molecule has 1 N–H and O–H groups in total. The van der Waals surface area contributed by atoms with Crippen molar-refractivity contribution in [3.05, 3.63) is 35.4 Å². The lowest BCUT2D eigenvalue weighted by atomic mass is 9.82. The molecule has 1 heterocycles. The van der Waals surface area contributed by atoms with Crippen LogP contribution in [0.3, 0.4) is 0 Å². The highest BCUT2D eigenvalue weighted by atomic mass is 16.5. The minimum absolute atomic E-state index is 0.0424. The van der Waals surface area contributed by atoms with Gasteiger partial charge >= 0.3 is 0 Å². The summed E-state index contributed by atoms with van der Waals surface area (Å²) in [6, 6.07) is 8.82. The van der Waals surface area contributed by atoms with Gasteiger partial charge in [-0.25, -0.2) is 0 Å². The molecule has 1 aliphatic rings. The molecule has 2 nitrogen and oxygen atoms in total. The van der Waals surface area contributed by atoms with E-state index in [0.717, 1.165) is 13.2 Å². The minimum Gasteiger partial charge on any atom is -0.382 e. The molecule has 1 aromatic rings. The first-order chi connectivity index (χ1) is 7.77. The molecule has 0 bridgehead atoms. The first kappa shape index (κ1) is 11.6. The van der Waals surface area contributed by atoms with Crippen LogP contribution in [0.5, 0.6) is 0 Å². The second-order valence-electron chi connectivity index (χ2n) is 4.77. The van der Waals surface area contributed by atoms with Crippen LogP contribution >= 0.6 is 0 Å². The predicted octanol–water partition coefficient (Wildman–Crippen LogP) is 2.61. The quantitative estimate of drug-likeness (QED) is 0.843. The number of benzene rings is 1. The van der Waals surface area contributed by atoms with Crippen molar-refractivity contribution in [2.45, 2.75) is 31.7 Å². The Morgan fingerprint density at radius 1 is 1.25 bits per heavy atom. The number of hydrogen-bond donors (Lipinski definition) is 1. The van der Waals surface area contributed by atoms with Gasteiger partial charge in [-0.15, -0.1) is 0 Å². The van der Waals surface area contributed by atoms with Crippen LogP contribution in [0.25, 0.3) is 0 Å². The van der Waals surface area contributed by atoms with E-state index in [1.807, 2.05) is 0 Å². The van der Waals surface area contributed by atoms with E-state index in [0.29, 0.717) is 0 Å². The number of aryl methyl sites for hydroxylation is 1. The zero-order valence-corrected chi connectivity index (χ0v) is 10.3. The van der Waals surface area contributed by atoms with Gasteiger partial charge < -0.3 is 10.1 Å². The van der Waals surface area contributed by atoms with Crippen LogP contribution < -0.4 is 5.32 Å². The van der Waals surface area contributed by atoms with E-state index in [1.54, 1.807) is 7.11 Å². The Hall–Kier alpha value is -0.860. The second-order valence-corrected chi connectivity index (χ2v) is 4.77. The molecule has 2 rings (SSSR count). The SMILES string of the molecule is COCC1(c2ccc(C)cc2)CCCCN1. The lowest BCUT2D eigenvalue weighted by Crippen LogP contribution is -2.49. The molecule has 0 amide bonds. The number of hydrogen-bond acceptors (Lipinski definition) is 2. The Morgan fingerprint density at radius 2 is 2.00 bits per heavy atom. The van der Waals surface area contributed by atoms with Crippen molar-refractivity contribution in [2.75, 3.05) is 20.3 Å². The average molecular weight is 219 g/mol. The maximum absolute atomic E-state index is 5.41. The van der Waals surface area contributed by atoms with Crippen LogP contribution in [0.1, 0.15) is 30.4 Å². The van der Waals surface area contributed by atoms with Crippen LogP contribution in [-0.4, -0.2) is 20.3 Å². The van der Waals surface area contributed by atoms with Crippen LogP contribution in [-0.2, 0) is 10.3 Å². The molecule has 88 valence electrons. The molecule has 0 saturated carbocycles. The van der Waals surface area contributed by atoms with Gasteiger partial charge in [0.05, 0.1) is 12.1 Å². The Kier molecular flexibility index (Phi) is 3.62. The largest absolute Gasteiger partial charge is 0.382 e. The molecular weight excluding hydrogens is 198 g/mol. The summed E-state index contributed by atoms with van der Waals surface area (Å²) in [7, 11) is 1.78. The summed E-state index contributed by atoms with van der Waals surface area (Å²) in [6.45, 7) is 3.98. The van der Waals surface area contributed by atoms with Crippen molar-refractivity contribution in [2.24, 2.45) is 0 Å². The van der Waals surface area contributed by atoms with Gasteiger partial charge in [0.15, 0.2) is 0 Å². The zero-order chi connectivity index (χ0) is 11.4. The normalized spacial score (nSPS) is 25.6. The van der Waals surface area contributed by atoms with Gasteiger partial charge in [0, 0.05) is 7.11 Å². The summed E-state index contributed by atoms with van der Waals surface area (Å²) in [6.07, 6.45) is 3.73. The molecule has 1 aliphatic heterocycles. The Bertz CT molecular complexity index is 320. The summed E-state index contributed by atoms with van der Waals surface area (Å²) >= 11 is 0. The summed E-state index contributed by atoms with van der Waals surface area (Å²) in [5.41, 5.74) is 2.72. The molecule has 1 unspecified atom stereocenters. The molecule has 1 aromatic carbocycles. The number of piperidine rings is 1. The predicted molar refractivity (Wildman–Crippen MR) is 66.6 cm³/mol. The van der Waals surface area contributed by atoms with Crippen molar-refractivity contribution in [3.63, 3.8) is 0 Å². The van der Waals surface area contributed by atoms with Gasteiger partial charge in [-0.3, -0.25) is 0 Å². The average Bonchev–Trinajstić information content (AvgIpc) is 2.31. The number of rotatable bonds is 3. The maximum Gasteiger partial charge on any atom is 0.0686 e. The molecule has 2 heteroatoms. The highest BCUT2D eigenvalue weighted by Gasteiger charge is 2.33. The highest BCUT2D eigenvalue weighted by molar-refractivity contribution is 5.28. The first-order valence-electron chi connectivity index (χ1n) is 6.08. The Labute approximate surface area is 98.0 Å².